The Balaban J connectivity index is 2.00. The van der Waals surface area contributed by atoms with E-state index < -0.39 is 11.7 Å². The molecule has 23 heavy (non-hydrogen) atoms. The van der Waals surface area contributed by atoms with Crippen LogP contribution in [0.15, 0.2) is 48.5 Å². The average molecular weight is 311 g/mol. The fourth-order valence-electron chi connectivity index (χ4n) is 2.00. The van der Waals surface area contributed by atoms with Crippen LogP contribution in [-0.2, 0) is 4.79 Å². The van der Waals surface area contributed by atoms with E-state index in [4.69, 9.17) is 5.26 Å². The van der Waals surface area contributed by atoms with Crippen LogP contribution in [0.2, 0.25) is 0 Å². The van der Waals surface area contributed by atoms with E-state index in [2.05, 4.69) is 5.32 Å². The minimum atomic E-state index is -0.458. The number of carbonyl (C=O) groups excluding carboxylic acids is 2. The standard InChI is InChI=1S/C17H14FN3O2/c1-21(17(23)13-5-2-4-12(8-13)10-19)11-16(22)20-15-7-3-6-14(18)9-15/h2-9H,11H2,1H3,(H,20,22). The number of rotatable bonds is 4. The molecule has 0 unspecified atom stereocenters. The molecule has 0 bridgehead atoms. The van der Waals surface area contributed by atoms with E-state index in [0.29, 0.717) is 16.8 Å². The number of halogens is 1. The molecule has 0 aliphatic heterocycles. The normalized spacial score (nSPS) is 9.78. The third-order valence-corrected chi connectivity index (χ3v) is 3.07. The van der Waals surface area contributed by atoms with Gasteiger partial charge >= 0.3 is 0 Å². The minimum Gasteiger partial charge on any atom is -0.332 e. The molecule has 116 valence electrons. The van der Waals surface area contributed by atoms with Gasteiger partial charge in [0.1, 0.15) is 5.82 Å². The first-order chi connectivity index (χ1) is 11.0. The molecule has 2 aromatic rings. The molecule has 2 amide bonds. The van der Waals surface area contributed by atoms with Gasteiger partial charge in [-0.1, -0.05) is 12.1 Å². The Morgan fingerprint density at radius 2 is 1.96 bits per heavy atom. The van der Waals surface area contributed by atoms with Crippen molar-refractivity contribution in [3.05, 3.63) is 65.5 Å². The Morgan fingerprint density at radius 3 is 2.65 bits per heavy atom. The summed E-state index contributed by atoms with van der Waals surface area (Å²) in [6.07, 6.45) is 0. The van der Waals surface area contributed by atoms with Crippen molar-refractivity contribution in [3.8, 4) is 6.07 Å². The molecule has 0 saturated heterocycles. The summed E-state index contributed by atoms with van der Waals surface area (Å²) in [5.41, 5.74) is 1.01. The summed E-state index contributed by atoms with van der Waals surface area (Å²) in [5.74, 6) is -1.28. The molecule has 0 aliphatic rings. The molecule has 0 atom stereocenters. The Bertz CT molecular complexity index is 783. The minimum absolute atomic E-state index is 0.188. The number of benzene rings is 2. The van der Waals surface area contributed by atoms with Crippen molar-refractivity contribution in [2.24, 2.45) is 0 Å². The molecule has 0 radical (unpaired) electrons. The van der Waals surface area contributed by atoms with Crippen LogP contribution in [0.5, 0.6) is 0 Å². The second kappa shape index (κ2) is 7.18. The van der Waals surface area contributed by atoms with Crippen LogP contribution in [0.25, 0.3) is 0 Å². The summed E-state index contributed by atoms with van der Waals surface area (Å²) < 4.78 is 13.1. The van der Waals surface area contributed by atoms with Crippen molar-refractivity contribution in [2.45, 2.75) is 0 Å². The van der Waals surface area contributed by atoms with Gasteiger partial charge in [-0.05, 0) is 36.4 Å². The van der Waals surface area contributed by atoms with Crippen molar-refractivity contribution in [1.29, 1.82) is 5.26 Å². The van der Waals surface area contributed by atoms with E-state index in [1.807, 2.05) is 6.07 Å². The van der Waals surface area contributed by atoms with Gasteiger partial charge in [0.2, 0.25) is 5.91 Å². The summed E-state index contributed by atoms with van der Waals surface area (Å²) in [4.78, 5) is 25.4. The van der Waals surface area contributed by atoms with Crippen molar-refractivity contribution < 1.29 is 14.0 Å². The van der Waals surface area contributed by atoms with Gasteiger partial charge in [-0.25, -0.2) is 4.39 Å². The van der Waals surface area contributed by atoms with Gasteiger partial charge in [-0.2, -0.15) is 5.26 Å². The molecule has 0 saturated carbocycles. The maximum atomic E-state index is 13.1. The highest BCUT2D eigenvalue weighted by Crippen LogP contribution is 2.10. The van der Waals surface area contributed by atoms with Crippen molar-refractivity contribution in [2.75, 3.05) is 18.9 Å². The topological polar surface area (TPSA) is 73.2 Å². The van der Waals surface area contributed by atoms with E-state index in [-0.39, 0.29) is 12.5 Å². The number of hydrogen-bond donors (Lipinski definition) is 1. The van der Waals surface area contributed by atoms with E-state index in [1.54, 1.807) is 24.3 Å². The Hall–Kier alpha value is -3.20. The molecule has 0 fully saturated rings. The molecule has 5 nitrogen and oxygen atoms in total. The van der Waals surface area contributed by atoms with Crippen LogP contribution in [0, 0.1) is 17.1 Å². The lowest BCUT2D eigenvalue weighted by molar-refractivity contribution is -0.116. The van der Waals surface area contributed by atoms with Gasteiger partial charge in [0.05, 0.1) is 18.2 Å². The quantitative estimate of drug-likeness (QED) is 0.942. The third kappa shape index (κ3) is 4.38. The number of likely N-dealkylation sites (N-methyl/N-ethyl adjacent to an activating group) is 1. The molecule has 0 heterocycles. The lowest BCUT2D eigenvalue weighted by atomic mass is 10.1. The molecular weight excluding hydrogens is 297 g/mol. The summed E-state index contributed by atoms with van der Waals surface area (Å²) in [5, 5.41) is 11.4. The second-order valence-electron chi connectivity index (χ2n) is 4.91. The van der Waals surface area contributed by atoms with Crippen LogP contribution in [-0.4, -0.2) is 30.3 Å². The van der Waals surface area contributed by atoms with Crippen LogP contribution < -0.4 is 5.32 Å². The second-order valence-corrected chi connectivity index (χ2v) is 4.91. The molecular formula is C17H14FN3O2. The zero-order valence-corrected chi connectivity index (χ0v) is 12.4. The molecule has 0 aromatic heterocycles. The lowest BCUT2D eigenvalue weighted by Crippen LogP contribution is -2.34. The molecule has 6 heteroatoms. The number of nitrogens with zero attached hydrogens (tertiary/aromatic N) is 2. The number of nitriles is 1. The zero-order chi connectivity index (χ0) is 16.8. The van der Waals surface area contributed by atoms with Gasteiger partial charge in [-0.3, -0.25) is 9.59 Å². The van der Waals surface area contributed by atoms with E-state index >= 15 is 0 Å². The number of hydrogen-bond acceptors (Lipinski definition) is 3. The van der Waals surface area contributed by atoms with Crippen molar-refractivity contribution in [1.82, 2.24) is 4.90 Å². The van der Waals surface area contributed by atoms with Crippen LogP contribution in [0.1, 0.15) is 15.9 Å². The zero-order valence-electron chi connectivity index (χ0n) is 12.4. The summed E-state index contributed by atoms with van der Waals surface area (Å²) >= 11 is 0. The first-order valence-electron chi connectivity index (χ1n) is 6.80. The average Bonchev–Trinajstić information content (AvgIpc) is 2.54. The summed E-state index contributed by atoms with van der Waals surface area (Å²) in [7, 11) is 1.48. The number of anilines is 1. The lowest BCUT2D eigenvalue weighted by Gasteiger charge is -2.17. The fourth-order valence-corrected chi connectivity index (χ4v) is 2.00. The maximum Gasteiger partial charge on any atom is 0.254 e. The van der Waals surface area contributed by atoms with Gasteiger partial charge in [-0.15, -0.1) is 0 Å². The van der Waals surface area contributed by atoms with E-state index in [9.17, 15) is 14.0 Å². The first-order valence-corrected chi connectivity index (χ1v) is 6.80. The molecule has 2 aromatic carbocycles. The molecule has 0 spiro atoms. The molecule has 0 aliphatic carbocycles. The maximum absolute atomic E-state index is 13.1. The Labute approximate surface area is 133 Å². The number of carbonyl (C=O) groups is 2. The van der Waals surface area contributed by atoms with Crippen molar-refractivity contribution >= 4 is 17.5 Å². The van der Waals surface area contributed by atoms with Crippen LogP contribution in [0.4, 0.5) is 10.1 Å². The predicted octanol–water partition coefficient (Wildman–Crippen LogP) is 2.41. The largest absolute Gasteiger partial charge is 0.332 e. The van der Waals surface area contributed by atoms with E-state index in [0.717, 1.165) is 0 Å². The Kier molecular flexibility index (Phi) is 5.05. The molecule has 2 rings (SSSR count). The predicted molar refractivity (Wildman–Crippen MR) is 83.1 cm³/mol. The highest BCUT2D eigenvalue weighted by atomic mass is 19.1. The SMILES string of the molecule is CN(CC(=O)Nc1cccc(F)c1)C(=O)c1cccc(C#N)c1. The monoisotopic (exact) mass is 311 g/mol. The Morgan fingerprint density at radius 1 is 1.22 bits per heavy atom. The summed E-state index contributed by atoms with van der Waals surface area (Å²) in [6.45, 7) is -0.188. The third-order valence-electron chi connectivity index (χ3n) is 3.07. The van der Waals surface area contributed by atoms with Gasteiger partial charge in [0.25, 0.3) is 5.91 Å². The highest BCUT2D eigenvalue weighted by molar-refractivity contribution is 5.99. The fraction of sp³-hybridized carbons (Fsp3) is 0.118. The highest BCUT2D eigenvalue weighted by Gasteiger charge is 2.15. The van der Waals surface area contributed by atoms with Gasteiger partial charge < -0.3 is 10.2 Å². The number of nitrogens with one attached hydrogen (secondary N) is 1. The van der Waals surface area contributed by atoms with Crippen LogP contribution in [0.3, 0.4) is 0 Å². The first kappa shape index (κ1) is 16.2. The summed E-state index contributed by atoms with van der Waals surface area (Å²) in [6, 6.07) is 13.7. The van der Waals surface area contributed by atoms with E-state index in [1.165, 1.54) is 36.2 Å². The van der Waals surface area contributed by atoms with Gasteiger partial charge in [0, 0.05) is 18.3 Å². The number of amides is 2. The van der Waals surface area contributed by atoms with Crippen molar-refractivity contribution in [3.63, 3.8) is 0 Å². The molecule has 1 N–H and O–H groups in total. The van der Waals surface area contributed by atoms with Gasteiger partial charge in [0.15, 0.2) is 0 Å². The smallest absolute Gasteiger partial charge is 0.254 e. The van der Waals surface area contributed by atoms with Crippen LogP contribution >= 0.6 is 0 Å².